The van der Waals surface area contributed by atoms with Gasteiger partial charge in [0, 0.05) is 15.9 Å². The largest absolute Gasteiger partial charge is 0.326 e. The molecule has 0 aliphatic rings. The normalized spacial score (nSPS) is 10.1. The molecule has 60 valence electrons. The Balaban J connectivity index is 3.02. The summed E-state index contributed by atoms with van der Waals surface area (Å²) >= 11 is 5.15. The molecule has 1 aromatic rings. The Bertz CT molecular complexity index is 228. The van der Waals surface area contributed by atoms with E-state index in [1.165, 1.54) is 10.5 Å². The van der Waals surface area contributed by atoms with Crippen LogP contribution >= 0.6 is 27.7 Å². The van der Waals surface area contributed by atoms with Crippen molar-refractivity contribution in [1.29, 1.82) is 0 Å². The number of rotatable bonds is 2. The molecule has 0 spiro atoms. The molecular formula is C8H10BrNS. The highest BCUT2D eigenvalue weighted by Crippen LogP contribution is 2.22. The number of hydrogen-bond acceptors (Lipinski definition) is 2. The van der Waals surface area contributed by atoms with Crippen molar-refractivity contribution in [3.8, 4) is 0 Å². The smallest absolute Gasteiger partial charge is 0.0189 e. The van der Waals surface area contributed by atoms with E-state index in [-0.39, 0.29) is 0 Å². The highest BCUT2D eigenvalue weighted by atomic mass is 79.9. The molecule has 0 atom stereocenters. The molecule has 0 aliphatic carbocycles. The quantitative estimate of drug-likeness (QED) is 0.793. The summed E-state index contributed by atoms with van der Waals surface area (Å²) in [7, 11) is 0. The summed E-state index contributed by atoms with van der Waals surface area (Å²) in [6.07, 6.45) is 2.06. The molecular weight excluding hydrogens is 222 g/mol. The number of halogens is 1. The summed E-state index contributed by atoms with van der Waals surface area (Å²) in [4.78, 5) is 1.25. The Kier molecular flexibility index (Phi) is 3.43. The lowest BCUT2D eigenvalue weighted by Crippen LogP contribution is -1.95. The zero-order valence-electron chi connectivity index (χ0n) is 6.30. The molecule has 1 aromatic carbocycles. The monoisotopic (exact) mass is 231 g/mol. The van der Waals surface area contributed by atoms with Crippen LogP contribution in [0.3, 0.4) is 0 Å². The molecule has 1 nitrogen and oxygen atoms in total. The summed E-state index contributed by atoms with van der Waals surface area (Å²) in [5.41, 5.74) is 6.68. The van der Waals surface area contributed by atoms with Crippen molar-refractivity contribution in [2.24, 2.45) is 5.73 Å². The Morgan fingerprint density at radius 2 is 2.18 bits per heavy atom. The maximum Gasteiger partial charge on any atom is 0.0189 e. The van der Waals surface area contributed by atoms with E-state index in [0.717, 1.165) is 4.47 Å². The van der Waals surface area contributed by atoms with Crippen LogP contribution in [0.1, 0.15) is 5.56 Å². The predicted molar refractivity (Wildman–Crippen MR) is 53.8 cm³/mol. The third-order valence-corrected chi connectivity index (χ3v) is 2.57. The van der Waals surface area contributed by atoms with Crippen molar-refractivity contribution in [2.75, 3.05) is 6.26 Å². The number of benzene rings is 1. The van der Waals surface area contributed by atoms with Crippen LogP contribution in [-0.4, -0.2) is 6.26 Å². The van der Waals surface area contributed by atoms with E-state index in [1.807, 2.05) is 6.07 Å². The highest BCUT2D eigenvalue weighted by Gasteiger charge is 1.95. The van der Waals surface area contributed by atoms with Crippen LogP contribution in [0, 0.1) is 0 Å². The van der Waals surface area contributed by atoms with Gasteiger partial charge in [0.2, 0.25) is 0 Å². The van der Waals surface area contributed by atoms with Crippen molar-refractivity contribution in [2.45, 2.75) is 11.4 Å². The van der Waals surface area contributed by atoms with Gasteiger partial charge >= 0.3 is 0 Å². The van der Waals surface area contributed by atoms with Crippen LogP contribution < -0.4 is 5.73 Å². The van der Waals surface area contributed by atoms with Crippen molar-refractivity contribution in [3.63, 3.8) is 0 Å². The van der Waals surface area contributed by atoms with Crippen molar-refractivity contribution < 1.29 is 0 Å². The summed E-state index contributed by atoms with van der Waals surface area (Å²) in [6.45, 7) is 0.604. The fourth-order valence-corrected chi connectivity index (χ4v) is 2.06. The van der Waals surface area contributed by atoms with E-state index in [9.17, 15) is 0 Å². The fraction of sp³-hybridized carbons (Fsp3) is 0.250. The van der Waals surface area contributed by atoms with Gasteiger partial charge in [0.25, 0.3) is 0 Å². The maximum absolute atomic E-state index is 5.51. The molecule has 0 bridgehead atoms. The third kappa shape index (κ3) is 2.51. The zero-order valence-corrected chi connectivity index (χ0v) is 8.71. The van der Waals surface area contributed by atoms with Crippen molar-refractivity contribution >= 4 is 27.7 Å². The molecule has 0 fully saturated rings. The second-order valence-corrected chi connectivity index (χ2v) is 4.00. The highest BCUT2D eigenvalue weighted by molar-refractivity contribution is 9.10. The molecule has 11 heavy (non-hydrogen) atoms. The maximum atomic E-state index is 5.51. The van der Waals surface area contributed by atoms with Gasteiger partial charge in [0.1, 0.15) is 0 Å². The molecule has 2 N–H and O–H groups in total. The van der Waals surface area contributed by atoms with E-state index in [1.54, 1.807) is 11.8 Å². The van der Waals surface area contributed by atoms with Gasteiger partial charge in [-0.25, -0.2) is 0 Å². The van der Waals surface area contributed by atoms with E-state index < -0.39 is 0 Å². The SMILES string of the molecule is CSc1cc(Br)cc(CN)c1. The third-order valence-electron chi connectivity index (χ3n) is 1.40. The predicted octanol–water partition coefficient (Wildman–Crippen LogP) is 2.63. The number of hydrogen-bond donors (Lipinski definition) is 1. The zero-order chi connectivity index (χ0) is 8.27. The van der Waals surface area contributed by atoms with Crippen molar-refractivity contribution in [3.05, 3.63) is 28.2 Å². The number of thioether (sulfide) groups is 1. The summed E-state index contributed by atoms with van der Waals surface area (Å²) in [6, 6.07) is 6.24. The minimum absolute atomic E-state index is 0.604. The molecule has 0 heterocycles. The van der Waals surface area contributed by atoms with Gasteiger partial charge in [-0.3, -0.25) is 0 Å². The first-order valence-electron chi connectivity index (χ1n) is 3.30. The standard InChI is InChI=1S/C8H10BrNS/c1-11-8-3-6(5-10)2-7(9)4-8/h2-4H,5,10H2,1H3. The molecule has 0 aliphatic heterocycles. The van der Waals surface area contributed by atoms with E-state index in [0.29, 0.717) is 6.54 Å². The van der Waals surface area contributed by atoms with Crippen LogP contribution in [0.15, 0.2) is 27.6 Å². The molecule has 0 aromatic heterocycles. The van der Waals surface area contributed by atoms with Crippen LogP contribution in [0.4, 0.5) is 0 Å². The average molecular weight is 232 g/mol. The Hall–Kier alpha value is 0.01000. The van der Waals surface area contributed by atoms with E-state index in [4.69, 9.17) is 5.73 Å². The summed E-state index contributed by atoms with van der Waals surface area (Å²) in [5.74, 6) is 0. The molecule has 0 unspecified atom stereocenters. The van der Waals surface area contributed by atoms with Gasteiger partial charge < -0.3 is 5.73 Å². The molecule has 0 saturated heterocycles. The van der Waals surface area contributed by atoms with Gasteiger partial charge in [0.15, 0.2) is 0 Å². The first-order chi connectivity index (χ1) is 5.26. The van der Waals surface area contributed by atoms with Crippen molar-refractivity contribution in [1.82, 2.24) is 0 Å². The fourth-order valence-electron chi connectivity index (χ4n) is 0.856. The Morgan fingerprint density at radius 1 is 1.45 bits per heavy atom. The summed E-state index contributed by atoms with van der Waals surface area (Å²) in [5, 5.41) is 0. The Morgan fingerprint density at radius 3 is 2.73 bits per heavy atom. The van der Waals surface area contributed by atoms with Crippen LogP contribution in [-0.2, 0) is 6.54 Å². The van der Waals surface area contributed by atoms with E-state index in [2.05, 4.69) is 34.3 Å². The minimum atomic E-state index is 0.604. The lowest BCUT2D eigenvalue weighted by molar-refractivity contribution is 1.06. The molecule has 0 radical (unpaired) electrons. The second kappa shape index (κ2) is 4.14. The van der Waals surface area contributed by atoms with Gasteiger partial charge in [0.05, 0.1) is 0 Å². The van der Waals surface area contributed by atoms with Crippen LogP contribution in [0.2, 0.25) is 0 Å². The van der Waals surface area contributed by atoms with Crippen LogP contribution in [0.5, 0.6) is 0 Å². The molecule has 0 saturated carbocycles. The molecule has 3 heteroatoms. The van der Waals surface area contributed by atoms with Gasteiger partial charge in [-0.1, -0.05) is 15.9 Å². The molecule has 0 amide bonds. The molecule has 1 rings (SSSR count). The van der Waals surface area contributed by atoms with Crippen LogP contribution in [0.25, 0.3) is 0 Å². The lowest BCUT2D eigenvalue weighted by Gasteiger charge is -2.01. The van der Waals surface area contributed by atoms with E-state index >= 15 is 0 Å². The topological polar surface area (TPSA) is 26.0 Å². The minimum Gasteiger partial charge on any atom is -0.326 e. The van der Waals surface area contributed by atoms with Gasteiger partial charge in [-0.15, -0.1) is 11.8 Å². The average Bonchev–Trinajstić information content (AvgIpc) is 2.03. The van der Waals surface area contributed by atoms with Gasteiger partial charge in [-0.2, -0.15) is 0 Å². The van der Waals surface area contributed by atoms with Gasteiger partial charge in [-0.05, 0) is 30.0 Å². The summed E-state index contributed by atoms with van der Waals surface area (Å²) < 4.78 is 1.10. The lowest BCUT2D eigenvalue weighted by atomic mass is 10.2. The Labute approximate surface area is 79.5 Å². The first kappa shape index (κ1) is 9.10. The number of nitrogens with two attached hydrogens (primary N) is 1. The first-order valence-corrected chi connectivity index (χ1v) is 5.31. The second-order valence-electron chi connectivity index (χ2n) is 2.20.